The first-order chi connectivity index (χ1) is 11.5. The summed E-state index contributed by atoms with van der Waals surface area (Å²) >= 11 is 7.74. The van der Waals surface area contributed by atoms with Crippen LogP contribution in [0.4, 0.5) is 11.4 Å². The van der Waals surface area contributed by atoms with Crippen molar-refractivity contribution in [3.05, 3.63) is 40.6 Å². The second-order valence-electron chi connectivity index (χ2n) is 5.71. The number of benzene rings is 1. The SMILES string of the molecule is CCN(CC)[P@@]1(=S)OC(c2cccs2)=Nc2cc(N(C)C)ccc21. The molecule has 0 radical (unpaired) electrons. The smallest absolute Gasteiger partial charge is 0.236 e. The fraction of sp³-hybridized carbons (Fsp3) is 0.353. The standard InChI is InChI=1S/C17H22N3OPS2/c1-5-20(6-2)22(23)15-10-9-13(19(3)4)12-14(15)18-17(21-22)16-8-7-11-24-16/h7-12H,5-6H2,1-4H3/t22-/m1/s1. The maximum Gasteiger partial charge on any atom is 0.236 e. The van der Waals surface area contributed by atoms with E-state index in [4.69, 9.17) is 21.3 Å². The lowest BCUT2D eigenvalue weighted by atomic mass is 10.2. The molecule has 7 heteroatoms. The van der Waals surface area contributed by atoms with Gasteiger partial charge in [-0.2, -0.15) is 0 Å². The molecule has 0 aliphatic carbocycles. The first kappa shape index (κ1) is 17.6. The van der Waals surface area contributed by atoms with E-state index in [0.29, 0.717) is 5.90 Å². The van der Waals surface area contributed by atoms with E-state index >= 15 is 0 Å². The Bertz CT molecular complexity index is 798. The average molecular weight is 379 g/mol. The van der Waals surface area contributed by atoms with Crippen LogP contribution in [0.3, 0.4) is 0 Å². The van der Waals surface area contributed by atoms with Crippen LogP contribution < -0.4 is 10.2 Å². The molecule has 0 fully saturated rings. The third kappa shape index (κ3) is 3.04. The highest BCUT2D eigenvalue weighted by molar-refractivity contribution is 8.15. The van der Waals surface area contributed by atoms with Crippen LogP contribution >= 0.6 is 17.8 Å². The third-order valence-electron chi connectivity index (χ3n) is 4.05. The molecule has 0 saturated carbocycles. The highest BCUT2D eigenvalue weighted by Crippen LogP contribution is 2.55. The Morgan fingerprint density at radius 3 is 2.54 bits per heavy atom. The minimum Gasteiger partial charge on any atom is -0.430 e. The molecule has 2 heterocycles. The Hall–Kier alpha value is -1.20. The van der Waals surface area contributed by atoms with Crippen molar-refractivity contribution in [2.45, 2.75) is 13.8 Å². The monoisotopic (exact) mass is 379 g/mol. The van der Waals surface area contributed by atoms with Crippen LogP contribution in [0, 0.1) is 0 Å². The molecule has 0 saturated heterocycles. The lowest BCUT2D eigenvalue weighted by Gasteiger charge is -2.36. The van der Waals surface area contributed by atoms with E-state index < -0.39 is 6.42 Å². The second kappa shape index (κ2) is 6.96. The lowest BCUT2D eigenvalue weighted by molar-refractivity contribution is 0.448. The molecule has 1 aromatic heterocycles. The van der Waals surface area contributed by atoms with Gasteiger partial charge in [-0.25, -0.2) is 9.66 Å². The first-order valence-electron chi connectivity index (χ1n) is 7.99. The van der Waals surface area contributed by atoms with Crippen molar-refractivity contribution in [2.24, 2.45) is 4.99 Å². The number of hydrogen-bond acceptors (Lipinski definition) is 5. The topological polar surface area (TPSA) is 28.1 Å². The van der Waals surface area contributed by atoms with Crippen LogP contribution in [-0.2, 0) is 16.3 Å². The number of rotatable bonds is 5. The first-order valence-corrected chi connectivity index (χ1v) is 11.5. The van der Waals surface area contributed by atoms with E-state index in [2.05, 4.69) is 41.6 Å². The molecule has 0 bridgehead atoms. The number of hydrogen-bond donors (Lipinski definition) is 0. The Kier molecular flexibility index (Phi) is 5.11. The molecule has 0 N–H and O–H groups in total. The molecule has 0 unspecified atom stereocenters. The van der Waals surface area contributed by atoms with Crippen molar-refractivity contribution < 1.29 is 4.52 Å². The molecular weight excluding hydrogens is 357 g/mol. The fourth-order valence-electron chi connectivity index (χ4n) is 2.72. The molecule has 2 aromatic rings. The fourth-order valence-corrected chi connectivity index (χ4v) is 7.10. The van der Waals surface area contributed by atoms with Gasteiger partial charge in [0.25, 0.3) is 0 Å². The van der Waals surface area contributed by atoms with Crippen molar-refractivity contribution in [3.8, 4) is 0 Å². The van der Waals surface area contributed by atoms with Crippen LogP contribution in [0.15, 0.2) is 40.7 Å². The summed E-state index contributed by atoms with van der Waals surface area (Å²) < 4.78 is 8.65. The predicted octanol–water partition coefficient (Wildman–Crippen LogP) is 4.20. The van der Waals surface area contributed by atoms with E-state index in [1.807, 2.05) is 31.6 Å². The molecule has 1 atom stereocenters. The molecule has 1 aliphatic rings. The molecule has 0 amide bonds. The van der Waals surface area contributed by atoms with E-state index in [1.165, 1.54) is 0 Å². The number of nitrogens with zero attached hydrogens (tertiary/aromatic N) is 3. The normalized spacial score (nSPS) is 19.6. The van der Waals surface area contributed by atoms with Crippen LogP contribution in [0.5, 0.6) is 0 Å². The Morgan fingerprint density at radius 2 is 1.96 bits per heavy atom. The minimum absolute atomic E-state index is 0.656. The summed E-state index contributed by atoms with van der Waals surface area (Å²) in [7, 11) is 4.07. The molecule has 3 rings (SSSR count). The van der Waals surface area contributed by atoms with Gasteiger partial charge in [-0.3, -0.25) is 0 Å². The second-order valence-corrected chi connectivity index (χ2v) is 10.4. The summed E-state index contributed by atoms with van der Waals surface area (Å²) in [4.78, 5) is 7.90. The molecule has 1 aliphatic heterocycles. The van der Waals surface area contributed by atoms with E-state index in [9.17, 15) is 0 Å². The van der Waals surface area contributed by atoms with Gasteiger partial charge in [0.1, 0.15) is 0 Å². The molecular formula is C17H22N3OPS2. The summed E-state index contributed by atoms with van der Waals surface area (Å²) in [6.45, 7) is 5.98. The Balaban J connectivity index is 2.19. The summed E-state index contributed by atoms with van der Waals surface area (Å²) in [5, 5.41) is 3.08. The highest BCUT2D eigenvalue weighted by atomic mass is 32.4. The van der Waals surface area contributed by atoms with Crippen molar-refractivity contribution in [3.63, 3.8) is 0 Å². The van der Waals surface area contributed by atoms with Gasteiger partial charge in [0.05, 0.1) is 15.9 Å². The zero-order valence-electron chi connectivity index (χ0n) is 14.4. The van der Waals surface area contributed by atoms with Gasteiger partial charge in [0.2, 0.25) is 12.3 Å². The van der Waals surface area contributed by atoms with Gasteiger partial charge >= 0.3 is 0 Å². The maximum atomic E-state index is 6.39. The summed E-state index contributed by atoms with van der Waals surface area (Å²) in [5.74, 6) is 0.656. The Morgan fingerprint density at radius 1 is 1.21 bits per heavy atom. The van der Waals surface area contributed by atoms with Crippen molar-refractivity contribution in [2.75, 3.05) is 32.1 Å². The van der Waals surface area contributed by atoms with Crippen LogP contribution in [0.1, 0.15) is 18.7 Å². The van der Waals surface area contributed by atoms with Crippen molar-refractivity contribution in [1.29, 1.82) is 0 Å². The van der Waals surface area contributed by atoms with Crippen LogP contribution in [-0.4, -0.2) is 37.8 Å². The maximum absolute atomic E-state index is 6.39. The third-order valence-corrected chi connectivity index (χ3v) is 9.13. The zero-order chi connectivity index (χ0) is 17.3. The highest BCUT2D eigenvalue weighted by Gasteiger charge is 2.36. The van der Waals surface area contributed by atoms with E-state index in [-0.39, 0.29) is 0 Å². The van der Waals surface area contributed by atoms with Gasteiger partial charge in [0.15, 0.2) is 0 Å². The quantitative estimate of drug-likeness (QED) is 0.728. The molecule has 1 aromatic carbocycles. The lowest BCUT2D eigenvalue weighted by Crippen LogP contribution is -2.31. The number of thiophene rings is 1. The summed E-state index contributed by atoms with van der Waals surface area (Å²) in [6, 6.07) is 10.3. The molecule has 24 heavy (non-hydrogen) atoms. The van der Waals surface area contributed by atoms with Crippen molar-refractivity contribution in [1.82, 2.24) is 4.67 Å². The van der Waals surface area contributed by atoms with Gasteiger partial charge in [-0.1, -0.05) is 19.9 Å². The zero-order valence-corrected chi connectivity index (χ0v) is 16.9. The van der Waals surface area contributed by atoms with Gasteiger partial charge in [-0.05, 0) is 41.5 Å². The molecule has 128 valence electrons. The average Bonchev–Trinajstić information content (AvgIpc) is 3.09. The van der Waals surface area contributed by atoms with Crippen LogP contribution in [0.25, 0.3) is 0 Å². The molecule has 0 spiro atoms. The van der Waals surface area contributed by atoms with Gasteiger partial charge < -0.3 is 9.42 Å². The van der Waals surface area contributed by atoms with Crippen LogP contribution in [0.2, 0.25) is 0 Å². The minimum atomic E-state index is -2.34. The van der Waals surface area contributed by atoms with E-state index in [0.717, 1.165) is 34.6 Å². The summed E-state index contributed by atoms with van der Waals surface area (Å²) in [6.07, 6.45) is -2.34. The van der Waals surface area contributed by atoms with E-state index in [1.54, 1.807) is 11.3 Å². The Labute approximate surface area is 152 Å². The van der Waals surface area contributed by atoms with Crippen molar-refractivity contribution >= 4 is 52.1 Å². The number of aliphatic imine (C=N–C) groups is 1. The number of fused-ring (bicyclic) bond motifs is 1. The number of anilines is 1. The summed E-state index contributed by atoms with van der Waals surface area (Å²) in [5.41, 5.74) is 2.05. The van der Waals surface area contributed by atoms with Gasteiger partial charge in [0, 0.05) is 32.9 Å². The molecule has 4 nitrogen and oxygen atoms in total. The van der Waals surface area contributed by atoms with Gasteiger partial charge in [-0.15, -0.1) is 11.3 Å². The largest absolute Gasteiger partial charge is 0.430 e. The predicted molar refractivity (Wildman–Crippen MR) is 109 cm³/mol.